The number of aryl methyl sites for hydroxylation is 1. The molecular formula is C16H24N4. The minimum absolute atomic E-state index is 0.825. The fourth-order valence-corrected chi connectivity index (χ4v) is 2.39. The third kappa shape index (κ3) is 4.10. The van der Waals surface area contributed by atoms with Crippen molar-refractivity contribution in [2.75, 3.05) is 18.8 Å². The van der Waals surface area contributed by atoms with Crippen molar-refractivity contribution in [2.24, 2.45) is 7.05 Å². The highest BCUT2D eigenvalue weighted by Gasteiger charge is 2.07. The van der Waals surface area contributed by atoms with Gasteiger partial charge in [0.2, 0.25) is 0 Å². The van der Waals surface area contributed by atoms with Crippen molar-refractivity contribution >= 4 is 5.69 Å². The van der Waals surface area contributed by atoms with E-state index in [9.17, 15) is 0 Å². The summed E-state index contributed by atoms with van der Waals surface area (Å²) in [4.78, 5) is 2.48. The number of benzene rings is 1. The van der Waals surface area contributed by atoms with E-state index in [1.165, 1.54) is 17.7 Å². The minimum Gasteiger partial charge on any atom is -0.399 e. The van der Waals surface area contributed by atoms with E-state index in [-0.39, 0.29) is 0 Å². The molecule has 4 nitrogen and oxygen atoms in total. The summed E-state index contributed by atoms with van der Waals surface area (Å²) in [7, 11) is 2.00. The molecule has 2 aromatic rings. The molecule has 0 bridgehead atoms. The van der Waals surface area contributed by atoms with Gasteiger partial charge in [0.1, 0.15) is 0 Å². The lowest BCUT2D eigenvalue weighted by Crippen LogP contribution is -2.27. The molecule has 1 aromatic heterocycles. The normalized spacial score (nSPS) is 11.2. The van der Waals surface area contributed by atoms with Crippen LogP contribution in [-0.4, -0.2) is 27.8 Å². The second-order valence-electron chi connectivity index (χ2n) is 5.21. The van der Waals surface area contributed by atoms with E-state index < -0.39 is 0 Å². The number of hydrogen-bond donors (Lipinski definition) is 1. The van der Waals surface area contributed by atoms with E-state index in [0.29, 0.717) is 0 Å². The first-order valence-corrected chi connectivity index (χ1v) is 7.22. The second-order valence-corrected chi connectivity index (χ2v) is 5.21. The molecule has 2 rings (SSSR count). The Morgan fingerprint density at radius 2 is 1.90 bits per heavy atom. The third-order valence-corrected chi connectivity index (χ3v) is 3.53. The van der Waals surface area contributed by atoms with Crippen molar-refractivity contribution in [1.82, 2.24) is 14.7 Å². The van der Waals surface area contributed by atoms with Crippen LogP contribution in [0.4, 0.5) is 5.69 Å². The van der Waals surface area contributed by atoms with E-state index in [4.69, 9.17) is 5.73 Å². The van der Waals surface area contributed by atoms with E-state index in [2.05, 4.69) is 35.1 Å². The van der Waals surface area contributed by atoms with Gasteiger partial charge in [-0.15, -0.1) is 0 Å². The number of rotatable bonds is 7. The Labute approximate surface area is 121 Å². The fourth-order valence-electron chi connectivity index (χ4n) is 2.39. The molecule has 0 aliphatic heterocycles. The van der Waals surface area contributed by atoms with Gasteiger partial charge in [-0.25, -0.2) is 0 Å². The Balaban J connectivity index is 1.93. The molecule has 1 heterocycles. The third-order valence-electron chi connectivity index (χ3n) is 3.53. The zero-order chi connectivity index (χ0) is 14.4. The van der Waals surface area contributed by atoms with Crippen LogP contribution in [0.1, 0.15) is 24.6 Å². The van der Waals surface area contributed by atoms with Crippen molar-refractivity contribution in [3.8, 4) is 0 Å². The Kier molecular flexibility index (Phi) is 5.18. The first kappa shape index (κ1) is 14.6. The highest BCUT2D eigenvalue weighted by Crippen LogP contribution is 2.10. The molecule has 1 aromatic carbocycles. The highest BCUT2D eigenvalue weighted by molar-refractivity contribution is 5.39. The molecule has 0 unspecified atom stereocenters. The van der Waals surface area contributed by atoms with Crippen LogP contribution < -0.4 is 5.73 Å². The smallest absolute Gasteiger partial charge is 0.0492 e. The molecule has 20 heavy (non-hydrogen) atoms. The molecule has 2 N–H and O–H groups in total. The quantitative estimate of drug-likeness (QED) is 0.788. The minimum atomic E-state index is 0.825. The van der Waals surface area contributed by atoms with Crippen molar-refractivity contribution < 1.29 is 0 Å². The number of nitrogens with two attached hydrogens (primary N) is 1. The monoisotopic (exact) mass is 272 g/mol. The SMILES string of the molecule is CCCN(CCc1ccnn1C)Cc1ccc(N)cc1. The Morgan fingerprint density at radius 3 is 2.50 bits per heavy atom. The molecule has 0 aliphatic rings. The number of nitrogens with zero attached hydrogens (tertiary/aromatic N) is 3. The molecule has 0 fully saturated rings. The lowest BCUT2D eigenvalue weighted by atomic mass is 10.2. The molecule has 0 amide bonds. The average Bonchev–Trinajstić information content (AvgIpc) is 2.84. The summed E-state index contributed by atoms with van der Waals surface area (Å²) in [6.45, 7) is 5.37. The van der Waals surface area contributed by atoms with Crippen molar-refractivity contribution in [3.05, 3.63) is 47.8 Å². The highest BCUT2D eigenvalue weighted by atomic mass is 15.3. The molecule has 0 aliphatic carbocycles. The van der Waals surface area contributed by atoms with Crippen LogP contribution in [-0.2, 0) is 20.0 Å². The van der Waals surface area contributed by atoms with E-state index in [1.54, 1.807) is 0 Å². The van der Waals surface area contributed by atoms with Gasteiger partial charge in [0.15, 0.2) is 0 Å². The molecule has 0 radical (unpaired) electrons. The van der Waals surface area contributed by atoms with Crippen LogP contribution in [0.3, 0.4) is 0 Å². The molecular weight excluding hydrogens is 248 g/mol. The second kappa shape index (κ2) is 7.10. The van der Waals surface area contributed by atoms with Gasteiger partial charge in [-0.1, -0.05) is 19.1 Å². The largest absolute Gasteiger partial charge is 0.399 e. The van der Waals surface area contributed by atoms with Gasteiger partial charge in [0.25, 0.3) is 0 Å². The van der Waals surface area contributed by atoms with Crippen LogP contribution in [0.5, 0.6) is 0 Å². The first-order valence-electron chi connectivity index (χ1n) is 7.22. The summed E-state index contributed by atoms with van der Waals surface area (Å²) in [6, 6.07) is 10.3. The van der Waals surface area contributed by atoms with Gasteiger partial charge in [0, 0.05) is 44.1 Å². The van der Waals surface area contributed by atoms with Gasteiger partial charge in [-0.2, -0.15) is 5.10 Å². The Hall–Kier alpha value is -1.81. The lowest BCUT2D eigenvalue weighted by molar-refractivity contribution is 0.267. The topological polar surface area (TPSA) is 47.1 Å². The van der Waals surface area contributed by atoms with Crippen LogP contribution >= 0.6 is 0 Å². The van der Waals surface area contributed by atoms with Crippen LogP contribution in [0, 0.1) is 0 Å². The molecule has 0 saturated carbocycles. The molecule has 0 spiro atoms. The summed E-state index contributed by atoms with van der Waals surface area (Å²) >= 11 is 0. The van der Waals surface area contributed by atoms with Crippen LogP contribution in [0.25, 0.3) is 0 Å². The summed E-state index contributed by atoms with van der Waals surface area (Å²) in [5, 5.41) is 4.22. The predicted octanol–water partition coefficient (Wildman–Crippen LogP) is 2.46. The van der Waals surface area contributed by atoms with Gasteiger partial charge >= 0.3 is 0 Å². The summed E-state index contributed by atoms with van der Waals surface area (Å²) in [5.41, 5.74) is 9.16. The zero-order valence-electron chi connectivity index (χ0n) is 12.4. The molecule has 0 saturated heterocycles. The van der Waals surface area contributed by atoms with Crippen molar-refractivity contribution in [2.45, 2.75) is 26.3 Å². The van der Waals surface area contributed by atoms with Crippen molar-refractivity contribution in [3.63, 3.8) is 0 Å². The molecule has 0 atom stereocenters. The van der Waals surface area contributed by atoms with Gasteiger partial charge in [0.05, 0.1) is 0 Å². The maximum atomic E-state index is 5.73. The Morgan fingerprint density at radius 1 is 1.15 bits per heavy atom. The molecule has 108 valence electrons. The standard InChI is InChI=1S/C16H24N4/c1-3-11-20(12-9-16-8-10-18-19(16)2)13-14-4-6-15(17)7-5-14/h4-8,10H,3,9,11-13,17H2,1-2H3. The van der Waals surface area contributed by atoms with E-state index >= 15 is 0 Å². The number of anilines is 1. The maximum Gasteiger partial charge on any atom is 0.0492 e. The maximum absolute atomic E-state index is 5.73. The summed E-state index contributed by atoms with van der Waals surface area (Å²) in [5.74, 6) is 0. The lowest BCUT2D eigenvalue weighted by Gasteiger charge is -2.21. The summed E-state index contributed by atoms with van der Waals surface area (Å²) in [6.07, 6.45) is 4.06. The fraction of sp³-hybridized carbons (Fsp3) is 0.438. The Bertz CT molecular complexity index is 516. The number of aromatic nitrogens is 2. The van der Waals surface area contributed by atoms with Gasteiger partial charge < -0.3 is 5.73 Å². The van der Waals surface area contributed by atoms with Crippen LogP contribution in [0.15, 0.2) is 36.5 Å². The van der Waals surface area contributed by atoms with Gasteiger partial charge in [-0.3, -0.25) is 9.58 Å². The van der Waals surface area contributed by atoms with E-state index in [0.717, 1.165) is 31.7 Å². The number of nitrogen functional groups attached to an aromatic ring is 1. The average molecular weight is 272 g/mol. The van der Waals surface area contributed by atoms with Crippen molar-refractivity contribution in [1.29, 1.82) is 0 Å². The summed E-state index contributed by atoms with van der Waals surface area (Å²) < 4.78 is 1.95. The molecule has 4 heteroatoms. The van der Waals surface area contributed by atoms with Crippen LogP contribution in [0.2, 0.25) is 0 Å². The van der Waals surface area contributed by atoms with Gasteiger partial charge in [-0.05, 0) is 36.7 Å². The first-order chi connectivity index (χ1) is 9.69. The predicted molar refractivity (Wildman–Crippen MR) is 83.3 cm³/mol. The van der Waals surface area contributed by atoms with E-state index in [1.807, 2.05) is 30.1 Å². The number of hydrogen-bond acceptors (Lipinski definition) is 3. The zero-order valence-corrected chi connectivity index (χ0v) is 12.4.